The van der Waals surface area contributed by atoms with E-state index in [0.717, 1.165) is 16.5 Å². The van der Waals surface area contributed by atoms with Crippen molar-refractivity contribution in [3.8, 4) is 0 Å². The molecule has 0 spiro atoms. The third-order valence-electron chi connectivity index (χ3n) is 2.71. The van der Waals surface area contributed by atoms with Gasteiger partial charge < -0.3 is 10.3 Å². The molecule has 80 valence electrons. The molecule has 0 unspecified atom stereocenters. The number of aromatic nitrogens is 1. The van der Waals surface area contributed by atoms with Gasteiger partial charge in [-0.25, -0.2) is 4.79 Å². The third kappa shape index (κ3) is 1.18. The van der Waals surface area contributed by atoms with E-state index in [-0.39, 0.29) is 5.91 Å². The van der Waals surface area contributed by atoms with Crippen LogP contribution in [0.1, 0.15) is 11.6 Å². The smallest absolute Gasteiger partial charge is 0.322 e. The minimum atomic E-state index is -0.594. The first kappa shape index (κ1) is 8.96. The zero-order valence-corrected chi connectivity index (χ0v) is 8.28. The lowest BCUT2D eigenvalue weighted by Crippen LogP contribution is -2.22. The highest BCUT2D eigenvalue weighted by Crippen LogP contribution is 2.25. The Labute approximate surface area is 90.8 Å². The predicted molar refractivity (Wildman–Crippen MR) is 57.7 cm³/mol. The highest BCUT2D eigenvalue weighted by Gasteiger charge is 2.32. The summed E-state index contributed by atoms with van der Waals surface area (Å²) in [5.74, 6) is -0.310. The monoisotopic (exact) mass is 215 g/mol. The van der Waals surface area contributed by atoms with Crippen LogP contribution in [0.25, 0.3) is 10.9 Å². The van der Waals surface area contributed by atoms with Gasteiger partial charge in [0, 0.05) is 22.7 Å². The van der Waals surface area contributed by atoms with Crippen molar-refractivity contribution < 1.29 is 9.59 Å². The fourth-order valence-corrected chi connectivity index (χ4v) is 1.97. The molecule has 3 N–H and O–H groups in total. The highest BCUT2D eigenvalue weighted by atomic mass is 16.2. The lowest BCUT2D eigenvalue weighted by atomic mass is 10.1. The number of urea groups is 1. The number of carbonyl (C=O) groups excluding carboxylic acids is 2. The number of amides is 3. The van der Waals surface area contributed by atoms with Gasteiger partial charge in [-0.2, -0.15) is 0 Å². The topological polar surface area (TPSA) is 74.0 Å². The SMILES string of the molecule is O=C1NC(=O)[C@@H](c2c[nH]c3ccccc23)N1. The second-order valence-electron chi connectivity index (χ2n) is 3.69. The molecule has 0 saturated carbocycles. The molecule has 0 aliphatic carbocycles. The van der Waals surface area contributed by atoms with Crippen LogP contribution in [0.4, 0.5) is 4.79 Å². The van der Waals surface area contributed by atoms with Crippen LogP contribution < -0.4 is 10.6 Å². The molecule has 1 saturated heterocycles. The Kier molecular flexibility index (Phi) is 1.73. The largest absolute Gasteiger partial charge is 0.361 e. The third-order valence-corrected chi connectivity index (χ3v) is 2.71. The van der Waals surface area contributed by atoms with E-state index >= 15 is 0 Å². The second-order valence-corrected chi connectivity index (χ2v) is 3.69. The quantitative estimate of drug-likeness (QED) is 0.622. The maximum atomic E-state index is 11.5. The molecule has 5 nitrogen and oxygen atoms in total. The molecule has 3 amide bonds. The number of carbonyl (C=O) groups is 2. The summed E-state index contributed by atoms with van der Waals surface area (Å²) in [6.07, 6.45) is 1.75. The summed E-state index contributed by atoms with van der Waals surface area (Å²) in [6, 6.07) is 6.61. The van der Waals surface area contributed by atoms with Crippen molar-refractivity contribution in [1.82, 2.24) is 15.6 Å². The summed E-state index contributed by atoms with van der Waals surface area (Å²) in [6.45, 7) is 0. The molecule has 1 aliphatic rings. The van der Waals surface area contributed by atoms with Gasteiger partial charge in [0.1, 0.15) is 6.04 Å². The number of hydrogen-bond donors (Lipinski definition) is 3. The van der Waals surface area contributed by atoms with Crippen LogP contribution in [0.3, 0.4) is 0 Å². The van der Waals surface area contributed by atoms with Gasteiger partial charge in [0.15, 0.2) is 0 Å². The van der Waals surface area contributed by atoms with E-state index in [2.05, 4.69) is 15.6 Å². The predicted octanol–water partition coefficient (Wildman–Crippen LogP) is 1.05. The average Bonchev–Trinajstić information content (AvgIpc) is 2.81. The van der Waals surface area contributed by atoms with Gasteiger partial charge in [-0.3, -0.25) is 10.1 Å². The van der Waals surface area contributed by atoms with Gasteiger partial charge in [0.2, 0.25) is 0 Å². The summed E-state index contributed by atoms with van der Waals surface area (Å²) in [5, 5.41) is 5.74. The second kappa shape index (κ2) is 3.10. The van der Waals surface area contributed by atoms with Crippen molar-refractivity contribution in [3.05, 3.63) is 36.0 Å². The first-order valence-corrected chi connectivity index (χ1v) is 4.93. The van der Waals surface area contributed by atoms with Crippen LogP contribution in [0.2, 0.25) is 0 Å². The Morgan fingerprint density at radius 2 is 1.94 bits per heavy atom. The van der Waals surface area contributed by atoms with Gasteiger partial charge in [-0.05, 0) is 6.07 Å². The molecule has 1 aromatic carbocycles. The van der Waals surface area contributed by atoms with Crippen molar-refractivity contribution in [2.75, 3.05) is 0 Å². The number of H-pyrrole nitrogens is 1. The molecule has 1 fully saturated rings. The maximum Gasteiger partial charge on any atom is 0.322 e. The highest BCUT2D eigenvalue weighted by molar-refractivity contribution is 6.06. The van der Waals surface area contributed by atoms with Crippen LogP contribution in [0.5, 0.6) is 0 Å². The zero-order chi connectivity index (χ0) is 11.1. The van der Waals surface area contributed by atoms with E-state index in [4.69, 9.17) is 0 Å². The molecule has 5 heteroatoms. The van der Waals surface area contributed by atoms with Crippen LogP contribution >= 0.6 is 0 Å². The van der Waals surface area contributed by atoms with Crippen molar-refractivity contribution >= 4 is 22.8 Å². The Morgan fingerprint density at radius 1 is 1.12 bits per heavy atom. The Bertz CT molecular complexity index is 588. The minimum absolute atomic E-state index is 0.310. The van der Waals surface area contributed by atoms with Crippen LogP contribution in [-0.4, -0.2) is 16.9 Å². The average molecular weight is 215 g/mol. The van der Waals surface area contributed by atoms with E-state index in [1.807, 2.05) is 24.3 Å². The Morgan fingerprint density at radius 3 is 2.69 bits per heavy atom. The standard InChI is InChI=1S/C11H9N3O2/c15-10-9(13-11(16)14-10)7-5-12-8-4-2-1-3-6(7)8/h1-5,9,12H,(H2,13,14,15,16)/t9-/m1/s1. The van der Waals surface area contributed by atoms with Crippen LogP contribution in [-0.2, 0) is 4.79 Å². The van der Waals surface area contributed by atoms with E-state index in [9.17, 15) is 9.59 Å². The first-order valence-electron chi connectivity index (χ1n) is 4.93. The van der Waals surface area contributed by atoms with Gasteiger partial charge in [-0.15, -0.1) is 0 Å². The van der Waals surface area contributed by atoms with Crippen LogP contribution in [0, 0.1) is 0 Å². The van der Waals surface area contributed by atoms with Gasteiger partial charge >= 0.3 is 6.03 Å². The number of nitrogens with one attached hydrogen (secondary N) is 3. The fraction of sp³-hybridized carbons (Fsp3) is 0.0909. The molecule has 2 aromatic rings. The lowest BCUT2D eigenvalue weighted by Gasteiger charge is -2.04. The van der Waals surface area contributed by atoms with Crippen LogP contribution in [0.15, 0.2) is 30.5 Å². The number of benzene rings is 1. The fourth-order valence-electron chi connectivity index (χ4n) is 1.97. The molecule has 1 aliphatic heterocycles. The summed E-state index contributed by atoms with van der Waals surface area (Å²) < 4.78 is 0. The number of aromatic amines is 1. The Balaban J connectivity index is 2.13. The molecule has 1 aromatic heterocycles. The Hall–Kier alpha value is -2.30. The van der Waals surface area contributed by atoms with Gasteiger partial charge in [0.25, 0.3) is 5.91 Å². The minimum Gasteiger partial charge on any atom is -0.361 e. The first-order chi connectivity index (χ1) is 7.75. The molecule has 16 heavy (non-hydrogen) atoms. The molecule has 0 radical (unpaired) electrons. The summed E-state index contributed by atoms with van der Waals surface area (Å²) in [7, 11) is 0. The van der Waals surface area contributed by atoms with E-state index in [1.54, 1.807) is 6.20 Å². The van der Waals surface area contributed by atoms with Gasteiger partial charge in [0.05, 0.1) is 0 Å². The number of fused-ring (bicyclic) bond motifs is 1. The summed E-state index contributed by atoms with van der Waals surface area (Å²) in [4.78, 5) is 25.6. The molecular weight excluding hydrogens is 206 g/mol. The number of para-hydroxylation sites is 1. The molecular formula is C11H9N3O2. The number of hydrogen-bond acceptors (Lipinski definition) is 2. The van der Waals surface area contributed by atoms with Crippen molar-refractivity contribution in [2.45, 2.75) is 6.04 Å². The van der Waals surface area contributed by atoms with Gasteiger partial charge in [-0.1, -0.05) is 18.2 Å². The van der Waals surface area contributed by atoms with Crippen molar-refractivity contribution in [3.63, 3.8) is 0 Å². The molecule has 2 heterocycles. The number of imide groups is 1. The molecule has 1 atom stereocenters. The number of rotatable bonds is 1. The molecule has 3 rings (SSSR count). The van der Waals surface area contributed by atoms with E-state index in [1.165, 1.54) is 0 Å². The van der Waals surface area contributed by atoms with E-state index in [0.29, 0.717) is 0 Å². The van der Waals surface area contributed by atoms with E-state index < -0.39 is 12.1 Å². The summed E-state index contributed by atoms with van der Waals surface area (Å²) >= 11 is 0. The van der Waals surface area contributed by atoms with Crippen molar-refractivity contribution in [1.29, 1.82) is 0 Å². The maximum absolute atomic E-state index is 11.5. The lowest BCUT2D eigenvalue weighted by molar-refractivity contribution is -0.120. The summed E-state index contributed by atoms with van der Waals surface area (Å²) in [5.41, 5.74) is 1.74. The normalized spacial score (nSPS) is 19.9. The zero-order valence-electron chi connectivity index (χ0n) is 8.28. The molecule has 0 bridgehead atoms. The van der Waals surface area contributed by atoms with Crippen molar-refractivity contribution in [2.24, 2.45) is 0 Å².